The van der Waals surface area contributed by atoms with Crippen LogP contribution in [0.5, 0.6) is 5.88 Å². The van der Waals surface area contributed by atoms with Crippen molar-refractivity contribution >= 4 is 0 Å². The predicted molar refractivity (Wildman–Crippen MR) is 42.5 cm³/mol. The fraction of sp³-hybridized carbons (Fsp3) is 0.375. The molecule has 0 radical (unpaired) electrons. The molecule has 0 aliphatic heterocycles. The van der Waals surface area contributed by atoms with Crippen molar-refractivity contribution in [2.45, 2.75) is 13.3 Å². The first-order valence-electron chi connectivity index (χ1n) is 3.62. The van der Waals surface area contributed by atoms with E-state index in [1.165, 1.54) is 0 Å². The maximum atomic E-state index is 8.24. The molecule has 0 amide bonds. The van der Waals surface area contributed by atoms with Crippen molar-refractivity contribution in [2.24, 2.45) is 0 Å². The van der Waals surface area contributed by atoms with Gasteiger partial charge in [-0.3, -0.25) is 0 Å². The second-order valence-electron chi connectivity index (χ2n) is 2.20. The van der Waals surface area contributed by atoms with Crippen LogP contribution in [0.1, 0.15) is 12.2 Å². The van der Waals surface area contributed by atoms with Gasteiger partial charge >= 0.3 is 0 Å². The van der Waals surface area contributed by atoms with Crippen molar-refractivity contribution in [1.82, 2.24) is 9.97 Å². The maximum absolute atomic E-state index is 8.24. The normalized spacial score (nSPS) is 9.00. The molecule has 0 aliphatic carbocycles. The van der Waals surface area contributed by atoms with Gasteiger partial charge in [0.1, 0.15) is 12.4 Å². The van der Waals surface area contributed by atoms with Crippen molar-refractivity contribution < 1.29 is 4.74 Å². The van der Waals surface area contributed by atoms with Gasteiger partial charge in [0.05, 0.1) is 12.5 Å². The largest absolute Gasteiger partial charge is 0.476 e. The van der Waals surface area contributed by atoms with Crippen LogP contribution >= 0.6 is 0 Å². The van der Waals surface area contributed by atoms with Crippen LogP contribution in [-0.2, 0) is 0 Å². The summed E-state index contributed by atoms with van der Waals surface area (Å²) in [5.74, 6) is 1.20. The third kappa shape index (κ3) is 2.54. The highest BCUT2D eigenvalue weighted by Gasteiger charge is 1.94. The molecule has 1 aromatic heterocycles. The van der Waals surface area contributed by atoms with Crippen molar-refractivity contribution in [2.75, 3.05) is 6.61 Å². The Balaban J connectivity index is 2.48. The fourth-order valence-corrected chi connectivity index (χ4v) is 0.716. The SMILES string of the molecule is Cc1nccc(OCCC#N)n1. The first-order chi connectivity index (χ1) is 5.83. The molecule has 1 rings (SSSR count). The lowest BCUT2D eigenvalue weighted by Gasteiger charge is -2.01. The van der Waals surface area contributed by atoms with E-state index in [4.69, 9.17) is 10.00 Å². The number of hydrogen-bond donors (Lipinski definition) is 0. The molecule has 62 valence electrons. The number of aryl methyl sites for hydroxylation is 1. The Morgan fingerprint density at radius 2 is 2.50 bits per heavy atom. The predicted octanol–water partition coefficient (Wildman–Crippen LogP) is 1.08. The third-order valence-electron chi connectivity index (χ3n) is 1.21. The Bertz CT molecular complexity index is 293. The quantitative estimate of drug-likeness (QED) is 0.625. The van der Waals surface area contributed by atoms with Crippen LogP contribution in [-0.4, -0.2) is 16.6 Å². The summed E-state index contributed by atoms with van der Waals surface area (Å²) in [6.07, 6.45) is 2.01. The van der Waals surface area contributed by atoms with Gasteiger partial charge in [-0.05, 0) is 6.92 Å². The van der Waals surface area contributed by atoms with E-state index in [0.717, 1.165) is 0 Å². The summed E-state index contributed by atoms with van der Waals surface area (Å²) in [6, 6.07) is 3.66. The molecule has 0 fully saturated rings. The number of hydrogen-bond acceptors (Lipinski definition) is 4. The monoisotopic (exact) mass is 163 g/mol. The lowest BCUT2D eigenvalue weighted by molar-refractivity contribution is 0.312. The Morgan fingerprint density at radius 1 is 1.67 bits per heavy atom. The van der Waals surface area contributed by atoms with E-state index in [-0.39, 0.29) is 0 Å². The fourth-order valence-electron chi connectivity index (χ4n) is 0.716. The first-order valence-corrected chi connectivity index (χ1v) is 3.62. The molecule has 0 atom stereocenters. The van der Waals surface area contributed by atoms with E-state index in [9.17, 15) is 0 Å². The Labute approximate surface area is 70.8 Å². The average Bonchev–Trinajstić information content (AvgIpc) is 2.05. The maximum Gasteiger partial charge on any atom is 0.216 e. The summed E-state index contributed by atoms with van der Waals surface area (Å²) < 4.78 is 5.15. The zero-order valence-electron chi connectivity index (χ0n) is 6.82. The van der Waals surface area contributed by atoms with Crippen molar-refractivity contribution in [3.05, 3.63) is 18.1 Å². The third-order valence-corrected chi connectivity index (χ3v) is 1.21. The molecule has 0 aliphatic rings. The second kappa shape index (κ2) is 4.29. The Morgan fingerprint density at radius 3 is 3.17 bits per heavy atom. The molecule has 4 nitrogen and oxygen atoms in total. The van der Waals surface area contributed by atoms with Crippen molar-refractivity contribution in [3.63, 3.8) is 0 Å². The lowest BCUT2D eigenvalue weighted by Crippen LogP contribution is -1.99. The minimum Gasteiger partial charge on any atom is -0.476 e. The topological polar surface area (TPSA) is 58.8 Å². The molecule has 0 spiro atoms. The van der Waals surface area contributed by atoms with Gasteiger partial charge in [-0.25, -0.2) is 4.98 Å². The van der Waals surface area contributed by atoms with Crippen LogP contribution in [0.2, 0.25) is 0 Å². The van der Waals surface area contributed by atoms with Gasteiger partial charge in [0.2, 0.25) is 5.88 Å². The number of nitrogens with zero attached hydrogens (tertiary/aromatic N) is 3. The lowest BCUT2D eigenvalue weighted by atomic mass is 10.5. The number of nitriles is 1. The minimum atomic E-state index is 0.378. The summed E-state index contributed by atoms with van der Waals surface area (Å²) in [4.78, 5) is 7.91. The molecule has 0 saturated heterocycles. The zero-order chi connectivity index (χ0) is 8.81. The van der Waals surface area contributed by atoms with Gasteiger partial charge in [-0.2, -0.15) is 10.2 Å². The van der Waals surface area contributed by atoms with Gasteiger partial charge < -0.3 is 4.74 Å². The second-order valence-corrected chi connectivity index (χ2v) is 2.20. The van der Waals surface area contributed by atoms with Crippen LogP contribution < -0.4 is 4.74 Å². The molecule has 12 heavy (non-hydrogen) atoms. The summed E-state index contributed by atoms with van der Waals surface area (Å²) in [5.41, 5.74) is 0. The number of aromatic nitrogens is 2. The number of rotatable bonds is 3. The minimum absolute atomic E-state index is 0.378. The molecule has 1 aromatic rings. The standard InChI is InChI=1S/C8H9N3O/c1-7-10-5-3-8(11-7)12-6-2-4-9/h3,5H,2,6H2,1H3. The van der Waals surface area contributed by atoms with E-state index in [0.29, 0.717) is 24.7 Å². The van der Waals surface area contributed by atoms with Gasteiger partial charge in [0.15, 0.2) is 0 Å². The summed E-state index contributed by atoms with van der Waals surface area (Å²) in [7, 11) is 0. The van der Waals surface area contributed by atoms with Crippen LogP contribution in [0.3, 0.4) is 0 Å². The van der Waals surface area contributed by atoms with Crippen molar-refractivity contribution in [3.8, 4) is 11.9 Å². The molecule has 0 aromatic carbocycles. The Kier molecular flexibility index (Phi) is 3.03. The highest BCUT2D eigenvalue weighted by Crippen LogP contribution is 2.03. The molecule has 0 N–H and O–H groups in total. The summed E-state index contributed by atoms with van der Waals surface area (Å²) in [5, 5.41) is 8.24. The van der Waals surface area contributed by atoms with Crippen LogP contribution in [0.25, 0.3) is 0 Å². The van der Waals surface area contributed by atoms with Crippen LogP contribution in [0.4, 0.5) is 0 Å². The van der Waals surface area contributed by atoms with Crippen LogP contribution in [0.15, 0.2) is 12.3 Å². The van der Waals surface area contributed by atoms with E-state index in [1.807, 2.05) is 6.07 Å². The van der Waals surface area contributed by atoms with Crippen LogP contribution in [0, 0.1) is 18.3 Å². The molecular formula is C8H9N3O. The Hall–Kier alpha value is -1.63. The molecule has 0 saturated carbocycles. The number of ether oxygens (including phenoxy) is 1. The highest BCUT2D eigenvalue weighted by molar-refractivity contribution is 5.07. The van der Waals surface area contributed by atoms with E-state index in [2.05, 4.69) is 9.97 Å². The smallest absolute Gasteiger partial charge is 0.216 e. The first kappa shape index (κ1) is 8.47. The van der Waals surface area contributed by atoms with E-state index < -0.39 is 0 Å². The average molecular weight is 163 g/mol. The van der Waals surface area contributed by atoms with Gasteiger partial charge in [0, 0.05) is 12.3 Å². The van der Waals surface area contributed by atoms with Gasteiger partial charge in [0.25, 0.3) is 0 Å². The molecule has 0 unspecified atom stereocenters. The molecule has 4 heteroatoms. The highest BCUT2D eigenvalue weighted by atomic mass is 16.5. The van der Waals surface area contributed by atoms with Gasteiger partial charge in [-0.1, -0.05) is 0 Å². The summed E-state index contributed by atoms with van der Waals surface area (Å²) >= 11 is 0. The zero-order valence-corrected chi connectivity index (χ0v) is 6.82. The molecule has 1 heterocycles. The molecular weight excluding hydrogens is 154 g/mol. The van der Waals surface area contributed by atoms with Crippen molar-refractivity contribution in [1.29, 1.82) is 5.26 Å². The van der Waals surface area contributed by atoms with Gasteiger partial charge in [-0.15, -0.1) is 0 Å². The summed E-state index contributed by atoms with van der Waals surface area (Å²) in [6.45, 7) is 2.17. The van der Waals surface area contributed by atoms with E-state index in [1.54, 1.807) is 19.2 Å². The molecule has 0 bridgehead atoms. The van der Waals surface area contributed by atoms with E-state index >= 15 is 0 Å².